The summed E-state index contributed by atoms with van der Waals surface area (Å²) in [6.45, 7) is 12.4. The number of carbonyl (C=O) groups is 5. The quantitative estimate of drug-likeness (QED) is 0.122. The maximum atomic E-state index is 15.1. The average molecular weight is 756 g/mol. The first kappa shape index (κ1) is 40.8. The highest BCUT2D eigenvalue weighted by atomic mass is 32.2. The SMILES string of the molecule is CCC(C)(C)S(=O)(=O)CC1(CC(=O)C[C@H](C(=O)N2CC3[C@@H]([C@H]2C(=O)CC(CC2CC2)C(=O)C(=O)CC2CC2)C3(C)C)C2(C)CCCCC2)CCCCC1. The van der Waals surface area contributed by atoms with E-state index in [0.29, 0.717) is 44.1 Å². The topological polar surface area (TPSA) is 123 Å². The van der Waals surface area contributed by atoms with Crippen LogP contribution in [-0.4, -0.2) is 65.4 Å². The zero-order valence-electron chi connectivity index (χ0n) is 33.8. The average Bonchev–Trinajstić information content (AvgIpc) is 4.06. The lowest BCUT2D eigenvalue weighted by Gasteiger charge is -2.44. The van der Waals surface area contributed by atoms with Crippen molar-refractivity contribution in [3.63, 3.8) is 0 Å². The molecule has 6 rings (SSSR count). The molecule has 53 heavy (non-hydrogen) atoms. The summed E-state index contributed by atoms with van der Waals surface area (Å²) >= 11 is 0. The summed E-state index contributed by atoms with van der Waals surface area (Å²) in [6.07, 6.45) is 14.7. The smallest absolute Gasteiger partial charge is 0.227 e. The molecule has 0 aromatic rings. The minimum absolute atomic E-state index is 0.00541. The molecule has 6 fully saturated rings. The van der Waals surface area contributed by atoms with Gasteiger partial charge in [0.2, 0.25) is 11.7 Å². The van der Waals surface area contributed by atoms with Gasteiger partial charge in [0.25, 0.3) is 0 Å². The number of rotatable bonds is 19. The second kappa shape index (κ2) is 15.2. The highest BCUT2D eigenvalue weighted by Gasteiger charge is 2.69. The van der Waals surface area contributed by atoms with Crippen LogP contribution in [0.4, 0.5) is 0 Å². The predicted octanol–water partition coefficient (Wildman–Crippen LogP) is 8.27. The summed E-state index contributed by atoms with van der Waals surface area (Å²) in [6, 6.07) is -0.647. The number of hydrogen-bond donors (Lipinski definition) is 0. The highest BCUT2D eigenvalue weighted by Crippen LogP contribution is 2.65. The van der Waals surface area contributed by atoms with Crippen LogP contribution in [0.2, 0.25) is 0 Å². The fourth-order valence-electron chi connectivity index (χ4n) is 10.9. The van der Waals surface area contributed by atoms with E-state index in [9.17, 15) is 27.6 Å². The van der Waals surface area contributed by atoms with E-state index in [2.05, 4.69) is 20.8 Å². The summed E-state index contributed by atoms with van der Waals surface area (Å²) in [7, 11) is -3.47. The molecule has 298 valence electrons. The molecule has 9 heteroatoms. The summed E-state index contributed by atoms with van der Waals surface area (Å²) < 4.78 is 26.6. The van der Waals surface area contributed by atoms with Gasteiger partial charge in [-0.25, -0.2) is 8.42 Å². The molecule has 5 atom stereocenters. The Morgan fingerprint density at radius 2 is 1.40 bits per heavy atom. The van der Waals surface area contributed by atoms with Crippen LogP contribution in [0, 0.1) is 51.8 Å². The molecule has 1 aliphatic heterocycles. The number of likely N-dealkylation sites (tertiary alicyclic amines) is 1. The zero-order valence-corrected chi connectivity index (χ0v) is 34.6. The van der Waals surface area contributed by atoms with Crippen LogP contribution in [0.25, 0.3) is 0 Å². The number of ketones is 4. The van der Waals surface area contributed by atoms with Crippen molar-refractivity contribution in [3.8, 4) is 0 Å². The van der Waals surface area contributed by atoms with Gasteiger partial charge in [-0.1, -0.05) is 79.1 Å². The Morgan fingerprint density at radius 1 is 0.811 bits per heavy atom. The number of nitrogens with zero attached hydrogens (tertiary/aromatic N) is 1. The van der Waals surface area contributed by atoms with Gasteiger partial charge in [-0.15, -0.1) is 0 Å². The van der Waals surface area contributed by atoms with E-state index in [4.69, 9.17) is 0 Å². The van der Waals surface area contributed by atoms with Crippen molar-refractivity contribution < 1.29 is 32.4 Å². The number of carbonyl (C=O) groups excluding carboxylic acids is 5. The van der Waals surface area contributed by atoms with Gasteiger partial charge in [-0.05, 0) is 105 Å². The summed E-state index contributed by atoms with van der Waals surface area (Å²) in [4.78, 5) is 72.3. The molecule has 1 amide bonds. The van der Waals surface area contributed by atoms with Crippen LogP contribution in [0.15, 0.2) is 0 Å². The fourth-order valence-corrected chi connectivity index (χ4v) is 13.0. The Balaban J connectivity index is 1.24. The second-order valence-corrected chi connectivity index (χ2v) is 23.1. The van der Waals surface area contributed by atoms with Crippen molar-refractivity contribution in [2.24, 2.45) is 51.8 Å². The molecule has 0 radical (unpaired) electrons. The molecule has 5 saturated carbocycles. The maximum absolute atomic E-state index is 15.1. The van der Waals surface area contributed by atoms with Crippen molar-refractivity contribution >= 4 is 38.9 Å². The third-order valence-corrected chi connectivity index (χ3v) is 18.6. The molecular formula is C44H69NO7S. The number of fused-ring (bicyclic) bond motifs is 1. The van der Waals surface area contributed by atoms with Gasteiger partial charge in [0, 0.05) is 38.1 Å². The lowest BCUT2D eigenvalue weighted by atomic mass is 9.64. The summed E-state index contributed by atoms with van der Waals surface area (Å²) in [5.74, 6) is -1.28. The van der Waals surface area contributed by atoms with Gasteiger partial charge >= 0.3 is 0 Å². The van der Waals surface area contributed by atoms with E-state index in [-0.39, 0.29) is 77.7 Å². The summed E-state index contributed by atoms with van der Waals surface area (Å²) in [5, 5.41) is 0. The van der Waals surface area contributed by atoms with E-state index in [1.54, 1.807) is 18.7 Å². The first-order valence-corrected chi connectivity index (χ1v) is 23.1. The standard InChI is InChI=1S/C44H69NO7S/c1-7-41(2,3)53(51,52)28-44(20-12-9-13-21-44)26-32(46)25-33(43(6)18-10-8-11-19-43)40(50)45-27-34-37(42(34,4)5)38(45)35(47)24-31(22-29-14-15-29)39(49)36(48)23-30-16-17-30/h29-31,33-34,37-38H,7-28H2,1-6H3/t31?,33-,34?,37+,38-/m1/s1. The molecule has 1 saturated heterocycles. The molecule has 2 unspecified atom stereocenters. The van der Waals surface area contributed by atoms with Crippen LogP contribution in [0.5, 0.6) is 0 Å². The van der Waals surface area contributed by atoms with Gasteiger partial charge in [0.1, 0.15) is 5.78 Å². The zero-order chi connectivity index (χ0) is 38.6. The van der Waals surface area contributed by atoms with Gasteiger partial charge in [0.15, 0.2) is 21.4 Å². The van der Waals surface area contributed by atoms with E-state index in [1.807, 2.05) is 6.92 Å². The number of sulfone groups is 1. The Morgan fingerprint density at radius 3 is 1.96 bits per heavy atom. The predicted molar refractivity (Wildman–Crippen MR) is 207 cm³/mol. The van der Waals surface area contributed by atoms with Gasteiger partial charge in [0.05, 0.1) is 22.5 Å². The Kier molecular flexibility index (Phi) is 11.7. The van der Waals surface area contributed by atoms with Gasteiger partial charge < -0.3 is 4.90 Å². The maximum Gasteiger partial charge on any atom is 0.227 e. The molecule has 0 bridgehead atoms. The molecule has 6 aliphatic rings. The highest BCUT2D eigenvalue weighted by molar-refractivity contribution is 7.92. The molecule has 0 aromatic heterocycles. The first-order valence-electron chi connectivity index (χ1n) is 21.5. The van der Waals surface area contributed by atoms with Crippen LogP contribution in [-0.2, 0) is 33.8 Å². The van der Waals surface area contributed by atoms with Crippen molar-refractivity contribution in [3.05, 3.63) is 0 Å². The van der Waals surface area contributed by atoms with E-state index < -0.39 is 43.3 Å². The lowest BCUT2D eigenvalue weighted by Crippen LogP contribution is -2.52. The van der Waals surface area contributed by atoms with Crippen LogP contribution >= 0.6 is 0 Å². The Bertz CT molecular complexity index is 1540. The van der Waals surface area contributed by atoms with Crippen molar-refractivity contribution in [1.82, 2.24) is 4.90 Å². The van der Waals surface area contributed by atoms with E-state index >= 15 is 4.79 Å². The van der Waals surface area contributed by atoms with Crippen LogP contribution in [0.1, 0.15) is 170 Å². The van der Waals surface area contributed by atoms with Gasteiger partial charge in [-0.3, -0.25) is 24.0 Å². The lowest BCUT2D eigenvalue weighted by molar-refractivity contribution is -0.150. The van der Waals surface area contributed by atoms with Gasteiger partial charge in [-0.2, -0.15) is 0 Å². The molecular weight excluding hydrogens is 687 g/mol. The minimum atomic E-state index is -3.47. The monoisotopic (exact) mass is 755 g/mol. The van der Waals surface area contributed by atoms with Crippen molar-refractivity contribution in [1.29, 1.82) is 0 Å². The number of hydrogen-bond acceptors (Lipinski definition) is 7. The van der Waals surface area contributed by atoms with Crippen molar-refractivity contribution in [2.45, 2.75) is 181 Å². The van der Waals surface area contributed by atoms with Crippen LogP contribution in [0.3, 0.4) is 0 Å². The molecule has 0 N–H and O–H groups in total. The van der Waals surface area contributed by atoms with Crippen LogP contribution < -0.4 is 0 Å². The number of amides is 1. The number of Topliss-reactive ketones (excluding diaryl/α,β-unsaturated/α-hetero) is 4. The van der Waals surface area contributed by atoms with Crippen molar-refractivity contribution in [2.75, 3.05) is 12.3 Å². The molecule has 5 aliphatic carbocycles. The molecule has 8 nitrogen and oxygen atoms in total. The largest absolute Gasteiger partial charge is 0.332 e. The third kappa shape index (κ3) is 8.75. The Labute approximate surface area is 320 Å². The third-order valence-electron chi connectivity index (χ3n) is 15.6. The second-order valence-electron chi connectivity index (χ2n) is 20.5. The molecule has 1 heterocycles. The summed E-state index contributed by atoms with van der Waals surface area (Å²) in [5.41, 5.74) is -1.10. The van der Waals surface area contributed by atoms with E-state index in [1.165, 1.54) is 0 Å². The molecule has 0 aromatic carbocycles. The van der Waals surface area contributed by atoms with E-state index in [0.717, 1.165) is 77.0 Å². The normalized spacial score (nSPS) is 28.8. The Hall–Kier alpha value is -1.90. The first-order chi connectivity index (χ1) is 24.8. The fraction of sp³-hybridized carbons (Fsp3) is 0.886. The molecule has 0 spiro atoms. The number of piperidine rings is 1. The minimum Gasteiger partial charge on any atom is -0.332 e.